The smallest absolute Gasteiger partial charge is 0.220 e. The maximum Gasteiger partial charge on any atom is 0.220 e. The summed E-state index contributed by atoms with van der Waals surface area (Å²) in [5.74, 6) is 1.53. The second-order valence-electron chi connectivity index (χ2n) is 6.40. The molecule has 4 rings (SSSR count). The number of para-hydroxylation sites is 1. The van der Waals surface area contributed by atoms with Crippen LogP contribution in [-0.4, -0.2) is 19.1 Å². The molecule has 0 fully saturated rings. The van der Waals surface area contributed by atoms with Crippen molar-refractivity contribution in [2.45, 2.75) is 19.4 Å². The number of hydrogen-bond acceptors (Lipinski definition) is 3. The van der Waals surface area contributed by atoms with Crippen LogP contribution in [0.5, 0.6) is 11.5 Å². The Hall–Kier alpha value is -3.01. The fourth-order valence-corrected chi connectivity index (χ4v) is 3.21. The molecule has 0 radical (unpaired) electrons. The van der Waals surface area contributed by atoms with Crippen molar-refractivity contribution in [1.82, 2.24) is 5.32 Å². The van der Waals surface area contributed by atoms with Gasteiger partial charge in [-0.3, -0.25) is 4.79 Å². The highest BCUT2D eigenvalue weighted by molar-refractivity contribution is 5.83. The fourth-order valence-electron chi connectivity index (χ4n) is 3.21. The van der Waals surface area contributed by atoms with Crippen LogP contribution in [0.15, 0.2) is 60.7 Å². The molecule has 132 valence electrons. The van der Waals surface area contributed by atoms with Crippen LogP contribution in [0.2, 0.25) is 0 Å². The summed E-state index contributed by atoms with van der Waals surface area (Å²) in [5, 5.41) is 5.41. The van der Waals surface area contributed by atoms with Gasteiger partial charge in [0.1, 0.15) is 13.2 Å². The first-order valence-corrected chi connectivity index (χ1v) is 8.91. The van der Waals surface area contributed by atoms with E-state index in [-0.39, 0.29) is 5.91 Å². The summed E-state index contributed by atoms with van der Waals surface area (Å²) < 4.78 is 11.3. The second kappa shape index (κ2) is 7.48. The summed E-state index contributed by atoms with van der Waals surface area (Å²) in [7, 11) is 0. The van der Waals surface area contributed by atoms with Crippen LogP contribution in [0.3, 0.4) is 0 Å². The Morgan fingerprint density at radius 3 is 2.69 bits per heavy atom. The minimum absolute atomic E-state index is 0.0347. The van der Waals surface area contributed by atoms with Crippen molar-refractivity contribution in [3.63, 3.8) is 0 Å². The zero-order chi connectivity index (χ0) is 17.8. The highest BCUT2D eigenvalue weighted by Crippen LogP contribution is 2.33. The van der Waals surface area contributed by atoms with Crippen molar-refractivity contribution >= 4 is 16.7 Å². The molecule has 1 N–H and O–H groups in total. The Bertz CT molecular complexity index is 936. The Labute approximate surface area is 152 Å². The number of aryl methyl sites for hydroxylation is 1. The van der Waals surface area contributed by atoms with Crippen molar-refractivity contribution in [2.75, 3.05) is 13.2 Å². The molecule has 0 unspecified atom stereocenters. The predicted octanol–water partition coefficient (Wildman–Crippen LogP) is 3.86. The van der Waals surface area contributed by atoms with E-state index in [1.54, 1.807) is 0 Å². The predicted molar refractivity (Wildman–Crippen MR) is 102 cm³/mol. The van der Waals surface area contributed by atoms with Crippen molar-refractivity contribution in [1.29, 1.82) is 0 Å². The lowest BCUT2D eigenvalue weighted by Gasteiger charge is -2.21. The number of amides is 1. The lowest BCUT2D eigenvalue weighted by molar-refractivity contribution is -0.121. The monoisotopic (exact) mass is 347 g/mol. The molecular weight excluding hydrogens is 326 g/mol. The summed E-state index contributed by atoms with van der Waals surface area (Å²) >= 11 is 0. The Morgan fingerprint density at radius 2 is 1.77 bits per heavy atom. The molecule has 0 saturated heterocycles. The van der Waals surface area contributed by atoms with E-state index in [0.29, 0.717) is 26.2 Å². The minimum Gasteiger partial charge on any atom is -0.486 e. The van der Waals surface area contributed by atoms with E-state index in [4.69, 9.17) is 9.47 Å². The van der Waals surface area contributed by atoms with Gasteiger partial charge in [-0.15, -0.1) is 0 Å². The van der Waals surface area contributed by atoms with Crippen LogP contribution in [0.4, 0.5) is 0 Å². The van der Waals surface area contributed by atoms with Crippen LogP contribution >= 0.6 is 0 Å². The molecule has 3 aromatic rings. The third-order valence-corrected chi connectivity index (χ3v) is 4.58. The van der Waals surface area contributed by atoms with Gasteiger partial charge in [-0.1, -0.05) is 54.6 Å². The lowest BCUT2D eigenvalue weighted by Crippen LogP contribution is -2.24. The highest BCUT2D eigenvalue weighted by atomic mass is 16.6. The molecule has 1 aliphatic rings. The molecule has 1 heterocycles. The van der Waals surface area contributed by atoms with Crippen LogP contribution in [0.25, 0.3) is 10.8 Å². The SMILES string of the molecule is O=C(CCc1ccc2ccccc2c1)NCc1cccc2c1OCCO2. The first kappa shape index (κ1) is 16.5. The topological polar surface area (TPSA) is 47.6 Å². The Kier molecular flexibility index (Phi) is 4.73. The number of ether oxygens (including phenoxy) is 2. The number of carbonyl (C=O) groups is 1. The van der Waals surface area contributed by atoms with E-state index in [2.05, 4.69) is 35.6 Å². The second-order valence-corrected chi connectivity index (χ2v) is 6.40. The molecule has 0 bridgehead atoms. The van der Waals surface area contributed by atoms with E-state index in [9.17, 15) is 4.79 Å². The highest BCUT2D eigenvalue weighted by Gasteiger charge is 2.15. The summed E-state index contributed by atoms with van der Waals surface area (Å²) in [5.41, 5.74) is 2.12. The van der Waals surface area contributed by atoms with Gasteiger partial charge >= 0.3 is 0 Å². The van der Waals surface area contributed by atoms with Gasteiger partial charge in [0.15, 0.2) is 11.5 Å². The molecule has 3 aromatic carbocycles. The zero-order valence-corrected chi connectivity index (χ0v) is 14.5. The van der Waals surface area contributed by atoms with Gasteiger partial charge in [0.25, 0.3) is 0 Å². The molecule has 0 spiro atoms. The Morgan fingerprint density at radius 1 is 0.923 bits per heavy atom. The molecule has 0 saturated carbocycles. The van der Waals surface area contributed by atoms with E-state index in [1.165, 1.54) is 16.3 Å². The molecule has 1 aliphatic heterocycles. The largest absolute Gasteiger partial charge is 0.486 e. The molecule has 0 atom stereocenters. The number of hydrogen-bond donors (Lipinski definition) is 1. The quantitative estimate of drug-likeness (QED) is 0.762. The Balaban J connectivity index is 1.34. The maximum absolute atomic E-state index is 12.2. The van der Waals surface area contributed by atoms with Gasteiger partial charge in [-0.25, -0.2) is 0 Å². The molecule has 4 heteroatoms. The van der Waals surface area contributed by atoms with Gasteiger partial charge < -0.3 is 14.8 Å². The molecular formula is C22H21NO3. The van der Waals surface area contributed by atoms with E-state index >= 15 is 0 Å². The van der Waals surface area contributed by atoms with Gasteiger partial charge in [0.05, 0.1) is 0 Å². The standard InChI is InChI=1S/C22H21NO3/c24-21(11-9-16-8-10-17-4-1-2-5-18(17)14-16)23-15-19-6-3-7-20-22(19)26-13-12-25-20/h1-8,10,14H,9,11-13,15H2,(H,23,24). The number of nitrogens with one attached hydrogen (secondary N) is 1. The van der Waals surface area contributed by atoms with E-state index in [0.717, 1.165) is 23.5 Å². The van der Waals surface area contributed by atoms with Crippen LogP contribution in [-0.2, 0) is 17.8 Å². The van der Waals surface area contributed by atoms with Crippen molar-refractivity contribution in [3.05, 3.63) is 71.8 Å². The van der Waals surface area contributed by atoms with Gasteiger partial charge in [0, 0.05) is 18.5 Å². The minimum atomic E-state index is 0.0347. The fraction of sp³-hybridized carbons (Fsp3) is 0.227. The first-order valence-electron chi connectivity index (χ1n) is 8.91. The molecule has 4 nitrogen and oxygen atoms in total. The van der Waals surface area contributed by atoms with Gasteiger partial charge in [0.2, 0.25) is 5.91 Å². The van der Waals surface area contributed by atoms with E-state index < -0.39 is 0 Å². The van der Waals surface area contributed by atoms with Crippen molar-refractivity contribution < 1.29 is 14.3 Å². The summed E-state index contributed by atoms with van der Waals surface area (Å²) in [6.07, 6.45) is 1.19. The third-order valence-electron chi connectivity index (χ3n) is 4.58. The van der Waals surface area contributed by atoms with Gasteiger partial charge in [-0.05, 0) is 28.8 Å². The molecule has 0 aliphatic carbocycles. The number of fused-ring (bicyclic) bond motifs is 2. The third kappa shape index (κ3) is 3.64. The normalized spacial score (nSPS) is 12.8. The zero-order valence-electron chi connectivity index (χ0n) is 14.5. The van der Waals surface area contributed by atoms with Gasteiger partial charge in [-0.2, -0.15) is 0 Å². The van der Waals surface area contributed by atoms with Crippen molar-refractivity contribution in [3.8, 4) is 11.5 Å². The van der Waals surface area contributed by atoms with Crippen LogP contribution in [0, 0.1) is 0 Å². The molecule has 1 amide bonds. The first-order chi connectivity index (χ1) is 12.8. The average Bonchev–Trinajstić information content (AvgIpc) is 2.70. The number of rotatable bonds is 5. The summed E-state index contributed by atoms with van der Waals surface area (Å²) in [6.45, 7) is 1.55. The van der Waals surface area contributed by atoms with Crippen molar-refractivity contribution in [2.24, 2.45) is 0 Å². The average molecular weight is 347 g/mol. The summed E-state index contributed by atoms with van der Waals surface area (Å²) in [6, 6.07) is 20.4. The number of carbonyl (C=O) groups excluding carboxylic acids is 1. The van der Waals surface area contributed by atoms with Crippen LogP contribution in [0.1, 0.15) is 17.5 Å². The van der Waals surface area contributed by atoms with E-state index in [1.807, 2.05) is 30.3 Å². The number of benzene rings is 3. The molecule has 0 aromatic heterocycles. The summed E-state index contributed by atoms with van der Waals surface area (Å²) in [4.78, 5) is 12.2. The molecule has 26 heavy (non-hydrogen) atoms. The maximum atomic E-state index is 12.2. The lowest BCUT2D eigenvalue weighted by atomic mass is 10.0. The van der Waals surface area contributed by atoms with Crippen LogP contribution < -0.4 is 14.8 Å².